The van der Waals surface area contributed by atoms with E-state index in [2.05, 4.69) is 5.32 Å². The van der Waals surface area contributed by atoms with E-state index in [1.165, 1.54) is 18.9 Å². The van der Waals surface area contributed by atoms with Crippen molar-refractivity contribution < 1.29 is 18.3 Å². The summed E-state index contributed by atoms with van der Waals surface area (Å²) in [5.41, 5.74) is 6.42. The molecule has 2 unspecified atom stereocenters. The molecular weight excluding hydrogens is 346 g/mol. The molecule has 0 radical (unpaired) electrons. The molecule has 0 aliphatic rings. The summed E-state index contributed by atoms with van der Waals surface area (Å²) in [5.74, 6) is -1.70. The van der Waals surface area contributed by atoms with Crippen molar-refractivity contribution in [3.63, 3.8) is 0 Å². The van der Waals surface area contributed by atoms with Gasteiger partial charge in [-0.05, 0) is 42.2 Å². The van der Waals surface area contributed by atoms with Crippen LogP contribution in [-0.4, -0.2) is 31.9 Å². The fourth-order valence-corrected chi connectivity index (χ4v) is 2.87. The number of nitrogens with two attached hydrogens (primary N) is 1. The third-order valence-electron chi connectivity index (χ3n) is 3.67. The molecule has 0 heterocycles. The van der Waals surface area contributed by atoms with E-state index in [1.54, 1.807) is 12.1 Å². The molecule has 2 aromatic rings. The van der Waals surface area contributed by atoms with Crippen molar-refractivity contribution in [2.24, 2.45) is 5.73 Å². The summed E-state index contributed by atoms with van der Waals surface area (Å²) < 4.78 is 32.8. The molecule has 7 heteroatoms. The molecule has 0 aliphatic heterocycles. The van der Waals surface area contributed by atoms with Gasteiger partial charge < -0.3 is 15.8 Å². The van der Waals surface area contributed by atoms with Crippen molar-refractivity contribution in [1.29, 1.82) is 0 Å². The topological polar surface area (TPSA) is 64.3 Å². The second kappa shape index (κ2) is 8.94. The maximum absolute atomic E-state index is 14.3. The van der Waals surface area contributed by atoms with E-state index in [9.17, 15) is 13.6 Å². The lowest BCUT2D eigenvalue weighted by molar-refractivity contribution is -0.124. The van der Waals surface area contributed by atoms with E-state index < -0.39 is 29.6 Å². The van der Waals surface area contributed by atoms with E-state index in [-0.39, 0.29) is 12.2 Å². The Morgan fingerprint density at radius 1 is 1.28 bits per heavy atom. The van der Waals surface area contributed by atoms with Crippen LogP contribution in [0.25, 0.3) is 0 Å². The molecule has 0 aliphatic carbocycles. The van der Waals surface area contributed by atoms with Crippen molar-refractivity contribution in [1.82, 2.24) is 5.32 Å². The van der Waals surface area contributed by atoms with Gasteiger partial charge in [0.05, 0.1) is 12.6 Å². The zero-order chi connectivity index (χ0) is 18.4. The molecule has 1 amide bonds. The highest BCUT2D eigenvalue weighted by molar-refractivity contribution is 7.98. The molecule has 2 atom stereocenters. The Morgan fingerprint density at radius 2 is 2.04 bits per heavy atom. The van der Waals surface area contributed by atoms with Gasteiger partial charge in [0.15, 0.2) is 0 Å². The molecule has 0 saturated heterocycles. The minimum atomic E-state index is -0.909. The monoisotopic (exact) mass is 366 g/mol. The quantitative estimate of drug-likeness (QED) is 0.740. The SMILES string of the molecule is COCC(N)C(=O)NC(c1cccc(SC)c1)c1cc(F)ccc1F. The van der Waals surface area contributed by atoms with Crippen molar-refractivity contribution in [2.75, 3.05) is 20.0 Å². The number of ether oxygens (including phenoxy) is 1. The summed E-state index contributed by atoms with van der Waals surface area (Å²) in [7, 11) is 1.43. The van der Waals surface area contributed by atoms with Crippen molar-refractivity contribution in [2.45, 2.75) is 17.0 Å². The van der Waals surface area contributed by atoms with Crippen molar-refractivity contribution in [3.05, 3.63) is 65.2 Å². The number of halogens is 2. The number of hydrogen-bond donors (Lipinski definition) is 2. The molecule has 25 heavy (non-hydrogen) atoms. The molecular formula is C18H20F2N2O2S. The lowest BCUT2D eigenvalue weighted by atomic mass is 9.97. The normalized spacial score (nSPS) is 13.3. The van der Waals surface area contributed by atoms with Crippen LogP contribution in [0, 0.1) is 11.6 Å². The molecule has 0 bridgehead atoms. The van der Waals surface area contributed by atoms with Crippen LogP contribution in [0.2, 0.25) is 0 Å². The Bertz CT molecular complexity index is 743. The largest absolute Gasteiger partial charge is 0.383 e. The van der Waals surface area contributed by atoms with Gasteiger partial charge in [-0.15, -0.1) is 11.8 Å². The van der Waals surface area contributed by atoms with Crippen LogP contribution >= 0.6 is 11.8 Å². The lowest BCUT2D eigenvalue weighted by Gasteiger charge is -2.23. The van der Waals surface area contributed by atoms with Gasteiger partial charge in [0, 0.05) is 17.6 Å². The third-order valence-corrected chi connectivity index (χ3v) is 4.39. The summed E-state index contributed by atoms with van der Waals surface area (Å²) in [6, 6.07) is 8.64. The minimum Gasteiger partial charge on any atom is -0.383 e. The number of nitrogens with one attached hydrogen (secondary N) is 1. The third kappa shape index (κ3) is 5.01. The molecule has 0 saturated carbocycles. The Kier molecular flexibility index (Phi) is 6.92. The number of carbonyl (C=O) groups excluding carboxylic acids is 1. The number of hydrogen-bond acceptors (Lipinski definition) is 4. The minimum absolute atomic E-state index is 0.0229. The second-order valence-corrected chi connectivity index (χ2v) is 6.33. The van der Waals surface area contributed by atoms with E-state index in [0.717, 1.165) is 23.1 Å². The van der Waals surface area contributed by atoms with Gasteiger partial charge in [0.1, 0.15) is 17.7 Å². The van der Waals surface area contributed by atoms with Crippen molar-refractivity contribution >= 4 is 17.7 Å². The van der Waals surface area contributed by atoms with E-state index in [4.69, 9.17) is 10.5 Å². The second-order valence-electron chi connectivity index (χ2n) is 5.45. The van der Waals surface area contributed by atoms with E-state index in [0.29, 0.717) is 5.56 Å². The highest BCUT2D eigenvalue weighted by atomic mass is 32.2. The zero-order valence-corrected chi connectivity index (χ0v) is 14.8. The average Bonchev–Trinajstić information content (AvgIpc) is 2.62. The zero-order valence-electron chi connectivity index (χ0n) is 14.0. The van der Waals surface area contributed by atoms with E-state index >= 15 is 0 Å². The van der Waals surface area contributed by atoms with Gasteiger partial charge in [-0.3, -0.25) is 4.79 Å². The molecule has 0 fully saturated rings. The van der Waals surface area contributed by atoms with Gasteiger partial charge in [-0.2, -0.15) is 0 Å². The van der Waals surface area contributed by atoms with Crippen LogP contribution in [0.15, 0.2) is 47.4 Å². The van der Waals surface area contributed by atoms with Gasteiger partial charge in [0.2, 0.25) is 5.91 Å². The fourth-order valence-electron chi connectivity index (χ4n) is 2.40. The maximum atomic E-state index is 14.3. The summed E-state index contributed by atoms with van der Waals surface area (Å²) in [5, 5.41) is 2.69. The Hall–Kier alpha value is -1.96. The average molecular weight is 366 g/mol. The molecule has 0 spiro atoms. The van der Waals surface area contributed by atoms with E-state index in [1.807, 2.05) is 18.4 Å². The van der Waals surface area contributed by atoms with Crippen LogP contribution in [0.1, 0.15) is 17.2 Å². The first-order valence-corrected chi connectivity index (χ1v) is 8.82. The molecule has 134 valence electrons. The standard InChI is InChI=1S/C18H20F2N2O2S/c1-24-10-16(21)18(23)22-17(11-4-3-5-13(8-11)25-2)14-9-12(19)6-7-15(14)20/h3-9,16-17H,10,21H2,1-2H3,(H,22,23). The predicted octanol–water partition coefficient (Wildman–Crippen LogP) is 2.87. The number of methoxy groups -OCH3 is 1. The predicted molar refractivity (Wildman–Crippen MR) is 94.4 cm³/mol. The Labute approximate surface area is 149 Å². The number of carbonyl (C=O) groups is 1. The number of thioether (sulfide) groups is 1. The summed E-state index contributed by atoms with van der Waals surface area (Å²) in [4.78, 5) is 13.2. The van der Waals surface area contributed by atoms with Crippen LogP contribution < -0.4 is 11.1 Å². The Balaban J connectivity index is 2.44. The highest BCUT2D eigenvalue weighted by Gasteiger charge is 2.24. The van der Waals surface area contributed by atoms with Gasteiger partial charge >= 0.3 is 0 Å². The Morgan fingerprint density at radius 3 is 2.72 bits per heavy atom. The number of benzene rings is 2. The summed E-state index contributed by atoms with van der Waals surface area (Å²) >= 11 is 1.51. The smallest absolute Gasteiger partial charge is 0.240 e. The first kappa shape index (κ1) is 19.4. The van der Waals surface area contributed by atoms with Crippen LogP contribution in [0.5, 0.6) is 0 Å². The van der Waals surface area contributed by atoms with Crippen molar-refractivity contribution in [3.8, 4) is 0 Å². The highest BCUT2D eigenvalue weighted by Crippen LogP contribution is 2.28. The molecule has 0 aromatic heterocycles. The molecule has 3 N–H and O–H groups in total. The number of amides is 1. The van der Waals surface area contributed by atoms with Gasteiger partial charge in [0.25, 0.3) is 0 Å². The molecule has 2 rings (SSSR count). The fraction of sp³-hybridized carbons (Fsp3) is 0.278. The van der Waals surface area contributed by atoms with Crippen LogP contribution in [-0.2, 0) is 9.53 Å². The molecule has 2 aromatic carbocycles. The summed E-state index contributed by atoms with van der Waals surface area (Å²) in [6.45, 7) is 0.0229. The summed E-state index contributed by atoms with van der Waals surface area (Å²) in [6.07, 6.45) is 1.91. The first-order chi connectivity index (χ1) is 12.0. The molecule has 4 nitrogen and oxygen atoms in total. The first-order valence-electron chi connectivity index (χ1n) is 7.60. The van der Waals surface area contributed by atoms with Gasteiger partial charge in [-0.25, -0.2) is 8.78 Å². The van der Waals surface area contributed by atoms with Crippen LogP contribution in [0.4, 0.5) is 8.78 Å². The van der Waals surface area contributed by atoms with Crippen LogP contribution in [0.3, 0.4) is 0 Å². The number of rotatable bonds is 7. The maximum Gasteiger partial charge on any atom is 0.240 e. The lowest BCUT2D eigenvalue weighted by Crippen LogP contribution is -2.45. The van der Waals surface area contributed by atoms with Gasteiger partial charge in [-0.1, -0.05) is 12.1 Å².